The molecule has 0 saturated carbocycles. The van der Waals surface area contributed by atoms with Crippen LogP contribution >= 0.6 is 0 Å². The summed E-state index contributed by atoms with van der Waals surface area (Å²) in [5.74, 6) is 0. The Morgan fingerprint density at radius 1 is 1.06 bits per heavy atom. The average Bonchev–Trinajstić information content (AvgIpc) is 2.29. The molecule has 1 aliphatic rings. The molecule has 0 aromatic heterocycles. The monoisotopic (exact) mass is 226 g/mol. The van der Waals surface area contributed by atoms with Gasteiger partial charge in [0.2, 0.25) is 0 Å². The third-order valence-electron chi connectivity index (χ3n) is 3.77. The van der Waals surface area contributed by atoms with Crippen LogP contribution in [0.15, 0.2) is 0 Å². The molecule has 0 aromatic carbocycles. The van der Waals surface area contributed by atoms with Crippen LogP contribution < -0.4 is 0 Å². The van der Waals surface area contributed by atoms with Crippen LogP contribution in [0.3, 0.4) is 0 Å². The van der Waals surface area contributed by atoms with Gasteiger partial charge >= 0.3 is 0 Å². The Bertz CT molecular complexity index is 166. The molecule has 0 amide bonds. The number of hydrogen-bond acceptors (Lipinski definition) is 2. The Morgan fingerprint density at radius 2 is 1.56 bits per heavy atom. The van der Waals surface area contributed by atoms with E-state index in [4.69, 9.17) is 0 Å². The number of likely N-dealkylation sites (tertiary alicyclic amines) is 1. The van der Waals surface area contributed by atoms with E-state index in [-0.39, 0.29) is 0 Å². The zero-order valence-electron chi connectivity index (χ0n) is 11.7. The summed E-state index contributed by atoms with van der Waals surface area (Å²) in [5.41, 5.74) is 0. The fraction of sp³-hybridized carbons (Fsp3) is 1.00. The summed E-state index contributed by atoms with van der Waals surface area (Å²) >= 11 is 0. The van der Waals surface area contributed by atoms with Gasteiger partial charge in [0.15, 0.2) is 0 Å². The van der Waals surface area contributed by atoms with Gasteiger partial charge in [0.25, 0.3) is 0 Å². The number of nitrogens with zero attached hydrogens (tertiary/aromatic N) is 2. The van der Waals surface area contributed by atoms with Gasteiger partial charge in [-0.05, 0) is 65.7 Å². The van der Waals surface area contributed by atoms with Crippen LogP contribution in [0.4, 0.5) is 0 Å². The van der Waals surface area contributed by atoms with E-state index in [0.717, 1.165) is 12.1 Å². The van der Waals surface area contributed by atoms with Gasteiger partial charge in [-0.3, -0.25) is 0 Å². The van der Waals surface area contributed by atoms with Gasteiger partial charge < -0.3 is 9.80 Å². The lowest BCUT2D eigenvalue weighted by Crippen LogP contribution is -2.47. The van der Waals surface area contributed by atoms with Crippen molar-refractivity contribution in [3.63, 3.8) is 0 Å². The molecule has 0 bridgehead atoms. The largest absolute Gasteiger partial charge is 0.301 e. The summed E-state index contributed by atoms with van der Waals surface area (Å²) in [6.07, 6.45) is 5.34. The Morgan fingerprint density at radius 3 is 1.94 bits per heavy atom. The number of hydrogen-bond donors (Lipinski definition) is 0. The van der Waals surface area contributed by atoms with E-state index >= 15 is 0 Å². The smallest absolute Gasteiger partial charge is 0.0120 e. The molecular weight excluding hydrogens is 196 g/mol. The molecule has 0 aliphatic carbocycles. The van der Waals surface area contributed by atoms with Crippen molar-refractivity contribution >= 4 is 0 Å². The normalized spacial score (nSPS) is 19.9. The first-order valence-corrected chi connectivity index (χ1v) is 7.17. The van der Waals surface area contributed by atoms with Crippen molar-refractivity contribution in [2.45, 2.75) is 65.5 Å². The van der Waals surface area contributed by atoms with Gasteiger partial charge in [0.05, 0.1) is 0 Å². The van der Waals surface area contributed by atoms with Crippen LogP contribution in [0.1, 0.15) is 53.4 Å². The molecule has 1 saturated heterocycles. The fourth-order valence-corrected chi connectivity index (χ4v) is 2.82. The topological polar surface area (TPSA) is 6.48 Å². The standard InChI is InChI=1S/C14H30N2/c1-5-9-16(10-6-2)14-7-11-15(12-8-14)13(3)4/h13-14H,5-12H2,1-4H3. The first kappa shape index (κ1) is 14.0. The van der Waals surface area contributed by atoms with E-state index in [1.807, 2.05) is 0 Å². The first-order chi connectivity index (χ1) is 7.69. The summed E-state index contributed by atoms with van der Waals surface area (Å²) < 4.78 is 0. The fourth-order valence-electron chi connectivity index (χ4n) is 2.82. The quantitative estimate of drug-likeness (QED) is 0.687. The molecule has 0 N–H and O–H groups in total. The van der Waals surface area contributed by atoms with Crippen molar-refractivity contribution in [1.29, 1.82) is 0 Å². The minimum atomic E-state index is 0.728. The summed E-state index contributed by atoms with van der Waals surface area (Å²) in [6, 6.07) is 1.58. The van der Waals surface area contributed by atoms with Crippen molar-refractivity contribution < 1.29 is 0 Å². The maximum absolute atomic E-state index is 2.72. The van der Waals surface area contributed by atoms with Crippen LogP contribution in [0, 0.1) is 0 Å². The Kier molecular flexibility index (Phi) is 6.37. The predicted molar refractivity (Wildman–Crippen MR) is 71.9 cm³/mol. The molecule has 96 valence electrons. The molecule has 0 unspecified atom stereocenters. The highest BCUT2D eigenvalue weighted by Crippen LogP contribution is 2.18. The minimum Gasteiger partial charge on any atom is -0.301 e. The molecule has 0 aromatic rings. The third kappa shape index (κ3) is 4.06. The molecule has 1 heterocycles. The zero-order valence-corrected chi connectivity index (χ0v) is 11.7. The third-order valence-corrected chi connectivity index (χ3v) is 3.77. The summed E-state index contributed by atoms with van der Waals surface area (Å²) in [5, 5.41) is 0. The van der Waals surface area contributed by atoms with Crippen molar-refractivity contribution in [1.82, 2.24) is 9.80 Å². The van der Waals surface area contributed by atoms with Crippen LogP contribution in [0.5, 0.6) is 0 Å². The van der Waals surface area contributed by atoms with Gasteiger partial charge in [0, 0.05) is 12.1 Å². The average molecular weight is 226 g/mol. The maximum Gasteiger partial charge on any atom is 0.0120 e. The summed E-state index contributed by atoms with van der Waals surface area (Å²) in [4.78, 5) is 5.34. The van der Waals surface area contributed by atoms with Gasteiger partial charge in [-0.2, -0.15) is 0 Å². The number of piperidine rings is 1. The van der Waals surface area contributed by atoms with Crippen molar-refractivity contribution in [3.8, 4) is 0 Å². The van der Waals surface area contributed by atoms with E-state index in [2.05, 4.69) is 37.5 Å². The van der Waals surface area contributed by atoms with E-state index in [9.17, 15) is 0 Å². The van der Waals surface area contributed by atoms with Crippen LogP contribution in [0.2, 0.25) is 0 Å². The lowest BCUT2D eigenvalue weighted by Gasteiger charge is -2.40. The second-order valence-corrected chi connectivity index (χ2v) is 5.40. The van der Waals surface area contributed by atoms with Gasteiger partial charge in [-0.1, -0.05) is 13.8 Å². The van der Waals surface area contributed by atoms with E-state index < -0.39 is 0 Å². The molecule has 0 atom stereocenters. The van der Waals surface area contributed by atoms with E-state index in [1.54, 1.807) is 0 Å². The van der Waals surface area contributed by atoms with Gasteiger partial charge in [-0.25, -0.2) is 0 Å². The highest BCUT2D eigenvalue weighted by Gasteiger charge is 2.24. The Labute approximate surface area is 102 Å². The van der Waals surface area contributed by atoms with Crippen LogP contribution in [-0.2, 0) is 0 Å². The van der Waals surface area contributed by atoms with Gasteiger partial charge in [0.1, 0.15) is 0 Å². The molecule has 2 nitrogen and oxygen atoms in total. The highest BCUT2D eigenvalue weighted by molar-refractivity contribution is 4.80. The lowest BCUT2D eigenvalue weighted by molar-refractivity contribution is 0.0919. The Hall–Kier alpha value is -0.0800. The molecule has 1 aliphatic heterocycles. The lowest BCUT2D eigenvalue weighted by atomic mass is 10.0. The highest BCUT2D eigenvalue weighted by atomic mass is 15.2. The molecule has 16 heavy (non-hydrogen) atoms. The molecule has 2 heteroatoms. The van der Waals surface area contributed by atoms with Crippen molar-refractivity contribution in [2.75, 3.05) is 26.2 Å². The second-order valence-electron chi connectivity index (χ2n) is 5.40. The molecule has 1 fully saturated rings. The van der Waals surface area contributed by atoms with Gasteiger partial charge in [-0.15, -0.1) is 0 Å². The maximum atomic E-state index is 2.72. The molecule has 1 rings (SSSR count). The minimum absolute atomic E-state index is 0.728. The van der Waals surface area contributed by atoms with E-state index in [1.165, 1.54) is 51.9 Å². The van der Waals surface area contributed by atoms with Crippen LogP contribution in [0.25, 0.3) is 0 Å². The summed E-state index contributed by atoms with van der Waals surface area (Å²) in [7, 11) is 0. The van der Waals surface area contributed by atoms with Crippen LogP contribution in [-0.4, -0.2) is 48.1 Å². The second kappa shape index (κ2) is 7.29. The van der Waals surface area contributed by atoms with Crippen molar-refractivity contribution in [3.05, 3.63) is 0 Å². The van der Waals surface area contributed by atoms with Crippen molar-refractivity contribution in [2.24, 2.45) is 0 Å². The Balaban J connectivity index is 2.37. The SMILES string of the molecule is CCCN(CCC)C1CCN(C(C)C)CC1. The number of rotatable bonds is 6. The first-order valence-electron chi connectivity index (χ1n) is 7.17. The molecule has 0 radical (unpaired) electrons. The predicted octanol–water partition coefficient (Wildman–Crippen LogP) is 2.98. The molecule has 0 spiro atoms. The summed E-state index contributed by atoms with van der Waals surface area (Å²) in [6.45, 7) is 14.4. The van der Waals surface area contributed by atoms with E-state index in [0.29, 0.717) is 0 Å². The molecular formula is C14H30N2. The zero-order chi connectivity index (χ0) is 12.0.